The van der Waals surface area contributed by atoms with Gasteiger partial charge in [-0.1, -0.05) is 32.4 Å². The van der Waals surface area contributed by atoms with Gasteiger partial charge in [0.15, 0.2) is 0 Å². The van der Waals surface area contributed by atoms with Crippen LogP contribution in [0.15, 0.2) is 36.2 Å². The first-order valence-electron chi connectivity index (χ1n) is 8.91. The molecule has 25 heavy (non-hydrogen) atoms. The van der Waals surface area contributed by atoms with E-state index in [-0.39, 0.29) is 23.1 Å². The number of piperidine rings is 1. The zero-order valence-corrected chi connectivity index (χ0v) is 15.7. The highest BCUT2D eigenvalue weighted by Gasteiger charge is 2.27. The van der Waals surface area contributed by atoms with Crippen LogP contribution < -0.4 is 5.32 Å². The monoisotopic (exact) mass is 343 g/mol. The fourth-order valence-electron chi connectivity index (χ4n) is 2.69. The number of allylic oxidation sites excluding steroid dienone is 1. The van der Waals surface area contributed by atoms with Gasteiger partial charge in [0.1, 0.15) is 0 Å². The normalized spacial score (nSPS) is 16.6. The van der Waals surface area contributed by atoms with Crippen LogP contribution in [0.4, 0.5) is 0 Å². The molecule has 0 aromatic carbocycles. The smallest absolute Gasteiger partial charge is 0.246 e. The van der Waals surface area contributed by atoms with Gasteiger partial charge in [0.25, 0.3) is 0 Å². The number of amides is 2. The van der Waals surface area contributed by atoms with Crippen molar-refractivity contribution >= 4 is 11.8 Å². The van der Waals surface area contributed by atoms with Crippen molar-refractivity contribution in [2.75, 3.05) is 13.1 Å². The first kappa shape index (κ1) is 19.2. The average molecular weight is 343 g/mol. The molecule has 0 unspecified atom stereocenters. The lowest BCUT2D eigenvalue weighted by molar-refractivity contribution is -0.132. The second kappa shape index (κ2) is 8.28. The van der Waals surface area contributed by atoms with E-state index in [9.17, 15) is 9.59 Å². The molecule has 0 saturated carbocycles. The number of pyridine rings is 1. The first-order valence-corrected chi connectivity index (χ1v) is 8.91. The minimum atomic E-state index is -0.0200. The van der Waals surface area contributed by atoms with E-state index >= 15 is 0 Å². The molecule has 1 aromatic heterocycles. The number of rotatable bonds is 4. The van der Waals surface area contributed by atoms with E-state index < -0.39 is 0 Å². The number of nitrogens with one attached hydrogen (secondary N) is 1. The molecule has 5 heteroatoms. The van der Waals surface area contributed by atoms with E-state index in [1.165, 1.54) is 0 Å². The molecule has 1 aliphatic rings. The molecule has 1 aliphatic heterocycles. The summed E-state index contributed by atoms with van der Waals surface area (Å²) in [5.74, 6) is 0.104. The van der Waals surface area contributed by atoms with Crippen LogP contribution in [0.2, 0.25) is 0 Å². The molecule has 0 aliphatic carbocycles. The molecule has 0 spiro atoms. The van der Waals surface area contributed by atoms with Crippen LogP contribution >= 0.6 is 0 Å². The van der Waals surface area contributed by atoms with Crippen LogP contribution in [0.1, 0.15) is 46.1 Å². The maximum absolute atomic E-state index is 12.4. The number of carbonyl (C=O) groups is 2. The fourth-order valence-corrected chi connectivity index (χ4v) is 2.69. The Kier molecular flexibility index (Phi) is 6.34. The molecule has 2 heterocycles. The van der Waals surface area contributed by atoms with Crippen molar-refractivity contribution < 1.29 is 9.59 Å². The Labute approximate surface area is 150 Å². The van der Waals surface area contributed by atoms with Crippen LogP contribution in [-0.4, -0.2) is 34.8 Å². The summed E-state index contributed by atoms with van der Waals surface area (Å²) in [6.07, 6.45) is 6.64. The maximum atomic E-state index is 12.4. The summed E-state index contributed by atoms with van der Waals surface area (Å²) in [6, 6.07) is 3.80. The van der Waals surface area contributed by atoms with Gasteiger partial charge in [-0.2, -0.15) is 0 Å². The van der Waals surface area contributed by atoms with Crippen LogP contribution in [0, 0.1) is 11.3 Å². The molecular weight excluding hydrogens is 314 g/mol. The van der Waals surface area contributed by atoms with E-state index in [1.54, 1.807) is 18.5 Å². The highest BCUT2D eigenvalue weighted by molar-refractivity contribution is 5.88. The van der Waals surface area contributed by atoms with E-state index in [0.29, 0.717) is 32.5 Å². The molecule has 1 saturated heterocycles. The number of aromatic nitrogens is 1. The third-order valence-corrected chi connectivity index (χ3v) is 4.89. The number of likely N-dealkylation sites (tertiary alicyclic amines) is 1. The second-order valence-electron chi connectivity index (χ2n) is 7.76. The molecule has 1 aromatic rings. The van der Waals surface area contributed by atoms with E-state index in [0.717, 1.165) is 11.1 Å². The summed E-state index contributed by atoms with van der Waals surface area (Å²) in [7, 11) is 0. The van der Waals surface area contributed by atoms with Gasteiger partial charge in [-0.05, 0) is 36.8 Å². The highest BCUT2D eigenvalue weighted by atomic mass is 16.2. The maximum Gasteiger partial charge on any atom is 0.246 e. The summed E-state index contributed by atoms with van der Waals surface area (Å²) >= 11 is 0. The zero-order chi connectivity index (χ0) is 18.4. The Morgan fingerprint density at radius 3 is 2.56 bits per heavy atom. The molecule has 0 atom stereocenters. The minimum absolute atomic E-state index is 0.000162. The minimum Gasteiger partial charge on any atom is -0.352 e. The summed E-state index contributed by atoms with van der Waals surface area (Å²) in [6.45, 7) is 10.1. The van der Waals surface area contributed by atoms with Gasteiger partial charge in [0, 0.05) is 44.0 Å². The molecule has 2 rings (SSSR count). The number of carbonyl (C=O) groups excluding carboxylic acids is 2. The standard InChI is InChI=1S/C20H29N3O2/c1-15(20(2,3)4)12-18(24)23-10-7-17(8-11-23)19(25)22-14-16-6-5-9-21-13-16/h5-6,9,12-13,17H,7-8,10-11,14H2,1-4H3,(H,22,25). The van der Waals surface area contributed by atoms with Crippen LogP contribution in [0.25, 0.3) is 0 Å². The molecule has 1 N–H and O–H groups in total. The Balaban J connectivity index is 1.81. The van der Waals surface area contributed by atoms with Gasteiger partial charge in [-0.15, -0.1) is 0 Å². The SMILES string of the molecule is CC(=CC(=O)N1CCC(C(=O)NCc2cccnc2)CC1)C(C)(C)C. The van der Waals surface area contributed by atoms with E-state index in [1.807, 2.05) is 24.0 Å². The fraction of sp³-hybridized carbons (Fsp3) is 0.550. The third-order valence-electron chi connectivity index (χ3n) is 4.89. The Morgan fingerprint density at radius 1 is 1.32 bits per heavy atom. The van der Waals surface area contributed by atoms with Gasteiger partial charge in [0.05, 0.1) is 0 Å². The van der Waals surface area contributed by atoms with Crippen molar-refractivity contribution in [3.63, 3.8) is 0 Å². The average Bonchev–Trinajstić information content (AvgIpc) is 2.59. The lowest BCUT2D eigenvalue weighted by atomic mass is 9.87. The van der Waals surface area contributed by atoms with Crippen molar-refractivity contribution in [2.45, 2.75) is 47.1 Å². The van der Waals surface area contributed by atoms with Crippen LogP contribution in [0.3, 0.4) is 0 Å². The third kappa shape index (κ3) is 5.69. The Morgan fingerprint density at radius 2 is 2.00 bits per heavy atom. The molecule has 0 radical (unpaired) electrons. The topological polar surface area (TPSA) is 62.3 Å². The number of hydrogen-bond acceptors (Lipinski definition) is 3. The lowest BCUT2D eigenvalue weighted by Crippen LogP contribution is -2.42. The van der Waals surface area contributed by atoms with Crippen molar-refractivity contribution in [2.24, 2.45) is 11.3 Å². The largest absolute Gasteiger partial charge is 0.352 e. The van der Waals surface area contributed by atoms with Crippen molar-refractivity contribution in [1.82, 2.24) is 15.2 Å². The van der Waals surface area contributed by atoms with Gasteiger partial charge in [-0.25, -0.2) is 0 Å². The van der Waals surface area contributed by atoms with E-state index in [4.69, 9.17) is 0 Å². The van der Waals surface area contributed by atoms with Gasteiger partial charge < -0.3 is 10.2 Å². The molecule has 136 valence electrons. The zero-order valence-electron chi connectivity index (χ0n) is 15.7. The summed E-state index contributed by atoms with van der Waals surface area (Å²) in [5.41, 5.74) is 2.07. The predicted molar refractivity (Wildman–Crippen MR) is 98.6 cm³/mol. The lowest BCUT2D eigenvalue weighted by Gasteiger charge is -2.31. The quantitative estimate of drug-likeness (QED) is 0.855. The molecular formula is C20H29N3O2. The number of nitrogens with zero attached hydrogens (tertiary/aromatic N) is 2. The number of hydrogen-bond donors (Lipinski definition) is 1. The summed E-state index contributed by atoms with van der Waals surface area (Å²) in [5, 5.41) is 2.97. The van der Waals surface area contributed by atoms with Gasteiger partial charge >= 0.3 is 0 Å². The predicted octanol–water partition coefficient (Wildman–Crippen LogP) is 2.93. The van der Waals surface area contributed by atoms with Crippen molar-refractivity contribution in [3.8, 4) is 0 Å². The van der Waals surface area contributed by atoms with Gasteiger partial charge in [-0.3, -0.25) is 14.6 Å². The summed E-state index contributed by atoms with van der Waals surface area (Å²) < 4.78 is 0. The highest BCUT2D eigenvalue weighted by Crippen LogP contribution is 2.25. The Hall–Kier alpha value is -2.17. The van der Waals surface area contributed by atoms with Crippen LogP contribution in [0.5, 0.6) is 0 Å². The van der Waals surface area contributed by atoms with Crippen molar-refractivity contribution in [1.29, 1.82) is 0 Å². The molecule has 1 fully saturated rings. The second-order valence-corrected chi connectivity index (χ2v) is 7.76. The molecule has 0 bridgehead atoms. The summed E-state index contributed by atoms with van der Waals surface area (Å²) in [4.78, 5) is 30.6. The first-order chi connectivity index (χ1) is 11.8. The Bertz CT molecular complexity index is 624. The van der Waals surface area contributed by atoms with Crippen LogP contribution in [-0.2, 0) is 16.1 Å². The molecule has 5 nitrogen and oxygen atoms in total. The van der Waals surface area contributed by atoms with E-state index in [2.05, 4.69) is 31.1 Å². The molecule has 2 amide bonds. The van der Waals surface area contributed by atoms with Gasteiger partial charge in [0.2, 0.25) is 11.8 Å². The van der Waals surface area contributed by atoms with Crippen molar-refractivity contribution in [3.05, 3.63) is 41.7 Å².